The van der Waals surface area contributed by atoms with E-state index in [1.54, 1.807) is 0 Å². The number of nitrogens with one attached hydrogen (secondary N) is 1. The molecule has 1 rings (SSSR count). The van der Waals surface area contributed by atoms with E-state index in [4.69, 9.17) is 9.47 Å². The summed E-state index contributed by atoms with van der Waals surface area (Å²) >= 11 is 0. The van der Waals surface area contributed by atoms with Gasteiger partial charge in [-0.1, -0.05) is 185 Å². The van der Waals surface area contributed by atoms with Gasteiger partial charge in [-0.2, -0.15) is 0 Å². The van der Waals surface area contributed by atoms with Gasteiger partial charge in [-0.25, -0.2) is 0 Å². The van der Waals surface area contributed by atoms with Crippen LogP contribution in [0.4, 0.5) is 0 Å². The molecule has 0 bridgehead atoms. The van der Waals surface area contributed by atoms with Crippen LogP contribution >= 0.6 is 0 Å². The summed E-state index contributed by atoms with van der Waals surface area (Å²) < 4.78 is 11.1. The Morgan fingerprint density at radius 2 is 1.02 bits per heavy atom. The molecule has 0 aromatic heterocycles. The molecule has 0 aromatic carbocycles. The number of ether oxygens (including phenoxy) is 2. The molecule has 0 radical (unpaired) electrons. The minimum atomic E-state index is -1.67. The molecule has 9 atom stereocenters. The van der Waals surface area contributed by atoms with Crippen molar-refractivity contribution >= 4 is 5.91 Å². The van der Waals surface area contributed by atoms with Crippen LogP contribution in [0.2, 0.25) is 0 Å². The molecule has 0 saturated carbocycles. The molecule has 11 heteroatoms. The van der Waals surface area contributed by atoms with E-state index < -0.39 is 74.2 Å². The lowest BCUT2D eigenvalue weighted by Gasteiger charge is -2.40. The van der Waals surface area contributed by atoms with Crippen LogP contribution in [0, 0.1) is 0 Å². The molecule has 358 valence electrons. The predicted octanol–water partition coefficient (Wildman–Crippen LogP) is 8.78. The lowest BCUT2D eigenvalue weighted by atomic mass is 9.98. The first-order valence-electron chi connectivity index (χ1n) is 24.9. The lowest BCUT2D eigenvalue weighted by molar-refractivity contribution is -0.303. The third kappa shape index (κ3) is 29.4. The topological polar surface area (TPSA) is 189 Å². The first-order valence-corrected chi connectivity index (χ1v) is 24.9. The summed E-state index contributed by atoms with van der Waals surface area (Å²) in [5.41, 5.74) is 0. The van der Waals surface area contributed by atoms with Crippen molar-refractivity contribution in [3.63, 3.8) is 0 Å². The summed E-state index contributed by atoms with van der Waals surface area (Å²) in [6, 6.07) is -1.19. The highest BCUT2D eigenvalue weighted by Crippen LogP contribution is 2.23. The molecule has 9 unspecified atom stereocenters. The number of hydrogen-bond donors (Lipinski definition) is 8. The van der Waals surface area contributed by atoms with Crippen LogP contribution in [0.25, 0.3) is 0 Å². The molecule has 0 aliphatic carbocycles. The monoisotopic (exact) mass is 868 g/mol. The standard InChI is InChI=1S/C50H93NO10/c1-3-5-7-9-11-13-15-17-18-19-20-21-22-23-24-26-28-30-32-34-36-38-43(54)49(59)51-41(40-60-50-48(58)47(57)46(56)44(39-52)61-50)45(55)42(53)37-35-33-31-29-27-25-16-14-12-10-8-6-4-2/h6,8,14,16,29,31,41-48,50,52-58H,3-5,7,9-13,15,17-28,30,32-40H2,1-2H3,(H,51,59)/b8-6+,16-14+,31-29+. The Kier molecular flexibility index (Phi) is 37.5. The van der Waals surface area contributed by atoms with Crippen molar-refractivity contribution < 1.29 is 50.0 Å². The smallest absolute Gasteiger partial charge is 0.249 e. The first kappa shape index (κ1) is 57.3. The van der Waals surface area contributed by atoms with Crippen molar-refractivity contribution in [2.75, 3.05) is 13.2 Å². The Balaban J connectivity index is 2.39. The Morgan fingerprint density at radius 3 is 1.48 bits per heavy atom. The number of carbonyl (C=O) groups is 1. The van der Waals surface area contributed by atoms with Crippen molar-refractivity contribution in [2.45, 2.75) is 262 Å². The number of carbonyl (C=O) groups excluding carboxylic acids is 1. The second kappa shape index (κ2) is 39.9. The van der Waals surface area contributed by atoms with Crippen LogP contribution in [0.1, 0.15) is 206 Å². The van der Waals surface area contributed by atoms with E-state index in [2.05, 4.69) is 55.6 Å². The predicted molar refractivity (Wildman–Crippen MR) is 247 cm³/mol. The molecule has 11 nitrogen and oxygen atoms in total. The van der Waals surface area contributed by atoms with E-state index in [0.717, 1.165) is 51.4 Å². The number of hydrogen-bond acceptors (Lipinski definition) is 10. The molecule has 61 heavy (non-hydrogen) atoms. The van der Waals surface area contributed by atoms with Crippen molar-refractivity contribution in [3.8, 4) is 0 Å². The molecular formula is C50H93NO10. The van der Waals surface area contributed by atoms with Crippen LogP contribution in [-0.4, -0.2) is 110 Å². The SMILES string of the molecule is CC/C=C/CC/C=C/CC/C=C/CCCC(O)C(O)C(COC1OC(CO)C(O)C(O)C1O)NC(=O)C(O)CCCCCCCCCCCCCCCCCCCCCCC. The number of aliphatic hydroxyl groups is 7. The van der Waals surface area contributed by atoms with Gasteiger partial charge in [0.1, 0.15) is 36.6 Å². The highest BCUT2D eigenvalue weighted by Gasteiger charge is 2.44. The summed E-state index contributed by atoms with van der Waals surface area (Å²) in [7, 11) is 0. The summed E-state index contributed by atoms with van der Waals surface area (Å²) in [6.45, 7) is 3.32. The van der Waals surface area contributed by atoms with E-state index in [0.29, 0.717) is 19.3 Å². The first-order chi connectivity index (χ1) is 29.7. The van der Waals surface area contributed by atoms with Crippen LogP contribution in [0.5, 0.6) is 0 Å². The fourth-order valence-corrected chi connectivity index (χ4v) is 7.83. The quantitative estimate of drug-likeness (QED) is 0.0218. The van der Waals surface area contributed by atoms with Crippen LogP contribution < -0.4 is 5.32 Å². The molecule has 0 spiro atoms. The lowest BCUT2D eigenvalue weighted by Crippen LogP contribution is -2.60. The minimum absolute atomic E-state index is 0.241. The van der Waals surface area contributed by atoms with Gasteiger partial charge in [-0.3, -0.25) is 4.79 Å². The molecular weight excluding hydrogens is 775 g/mol. The minimum Gasteiger partial charge on any atom is -0.394 e. The van der Waals surface area contributed by atoms with Crippen molar-refractivity contribution in [2.24, 2.45) is 0 Å². The summed E-state index contributed by atoms with van der Waals surface area (Å²) in [5.74, 6) is -0.712. The van der Waals surface area contributed by atoms with E-state index in [-0.39, 0.29) is 12.8 Å². The third-order valence-corrected chi connectivity index (χ3v) is 11.9. The van der Waals surface area contributed by atoms with Crippen LogP contribution in [-0.2, 0) is 14.3 Å². The maximum Gasteiger partial charge on any atom is 0.249 e. The third-order valence-electron chi connectivity index (χ3n) is 11.9. The Bertz CT molecular complexity index is 1090. The van der Waals surface area contributed by atoms with E-state index >= 15 is 0 Å². The van der Waals surface area contributed by atoms with Gasteiger partial charge in [-0.15, -0.1) is 0 Å². The number of aliphatic hydroxyl groups excluding tert-OH is 7. The number of rotatable bonds is 41. The Morgan fingerprint density at radius 1 is 0.574 bits per heavy atom. The van der Waals surface area contributed by atoms with Gasteiger partial charge >= 0.3 is 0 Å². The highest BCUT2D eigenvalue weighted by molar-refractivity contribution is 5.80. The molecule has 8 N–H and O–H groups in total. The van der Waals surface area contributed by atoms with Crippen LogP contribution in [0.3, 0.4) is 0 Å². The van der Waals surface area contributed by atoms with Gasteiger partial charge in [0.2, 0.25) is 5.91 Å². The Labute approximate surface area is 371 Å². The average Bonchev–Trinajstić information content (AvgIpc) is 3.26. The maximum atomic E-state index is 13.1. The van der Waals surface area contributed by atoms with Crippen LogP contribution in [0.15, 0.2) is 36.5 Å². The van der Waals surface area contributed by atoms with E-state index in [9.17, 15) is 40.5 Å². The zero-order chi connectivity index (χ0) is 44.8. The van der Waals surface area contributed by atoms with Gasteiger partial charge in [0.05, 0.1) is 25.4 Å². The fraction of sp³-hybridized carbons (Fsp3) is 0.860. The van der Waals surface area contributed by atoms with Gasteiger partial charge in [0.25, 0.3) is 0 Å². The molecule has 1 aliphatic heterocycles. The van der Waals surface area contributed by atoms with Crippen molar-refractivity contribution in [3.05, 3.63) is 36.5 Å². The van der Waals surface area contributed by atoms with Gasteiger partial charge < -0.3 is 50.5 Å². The second-order valence-electron chi connectivity index (χ2n) is 17.5. The molecule has 1 amide bonds. The highest BCUT2D eigenvalue weighted by atomic mass is 16.7. The summed E-state index contributed by atoms with van der Waals surface area (Å²) in [5, 5.41) is 75.7. The Hall–Kier alpha value is -1.67. The molecule has 1 fully saturated rings. The number of amides is 1. The molecule has 1 aliphatic rings. The maximum absolute atomic E-state index is 13.1. The fourth-order valence-electron chi connectivity index (χ4n) is 7.83. The molecule has 0 aromatic rings. The largest absolute Gasteiger partial charge is 0.394 e. The molecule has 1 saturated heterocycles. The van der Waals surface area contributed by atoms with Gasteiger partial charge in [0.15, 0.2) is 6.29 Å². The van der Waals surface area contributed by atoms with Crippen molar-refractivity contribution in [1.82, 2.24) is 5.32 Å². The summed E-state index contributed by atoms with van der Waals surface area (Å²) in [4.78, 5) is 13.1. The zero-order valence-electron chi connectivity index (χ0n) is 38.6. The number of allylic oxidation sites excluding steroid dienone is 6. The van der Waals surface area contributed by atoms with Gasteiger partial charge in [0, 0.05) is 0 Å². The van der Waals surface area contributed by atoms with Crippen molar-refractivity contribution in [1.29, 1.82) is 0 Å². The van der Waals surface area contributed by atoms with Gasteiger partial charge in [-0.05, 0) is 57.8 Å². The molecule has 1 heterocycles. The van der Waals surface area contributed by atoms with E-state index in [1.807, 2.05) is 0 Å². The average molecular weight is 868 g/mol. The zero-order valence-corrected chi connectivity index (χ0v) is 38.6. The summed E-state index contributed by atoms with van der Waals surface area (Å²) in [6.07, 6.45) is 34.9. The normalized spacial score (nSPS) is 21.8. The second-order valence-corrected chi connectivity index (χ2v) is 17.5. The number of unbranched alkanes of at least 4 members (excludes halogenated alkanes) is 23. The van der Waals surface area contributed by atoms with E-state index in [1.165, 1.54) is 109 Å².